The molecule has 5 nitrogen and oxygen atoms in total. The van der Waals surface area contributed by atoms with Crippen LogP contribution in [0.3, 0.4) is 0 Å². The van der Waals surface area contributed by atoms with E-state index in [4.69, 9.17) is 37.4 Å². The standard InChI is InChI=1S/C26H21Cl2NO4/c1-15-25-18(13-29(14-32-25)12-16-3-6-19(31-2)7-4-16)11-20-24(30)23(33-26(15)20)10-17-5-8-21(27)22(28)9-17/h3-11H,12-14H2,1-2H3/b23-10-. The summed E-state index contributed by atoms with van der Waals surface area (Å²) in [4.78, 5) is 15.3. The van der Waals surface area contributed by atoms with Crippen LogP contribution in [0.15, 0.2) is 54.3 Å². The lowest BCUT2D eigenvalue weighted by Crippen LogP contribution is -2.32. The molecule has 0 saturated carbocycles. The van der Waals surface area contributed by atoms with Gasteiger partial charge in [-0.1, -0.05) is 41.4 Å². The minimum atomic E-state index is -0.158. The van der Waals surface area contributed by atoms with Crippen molar-refractivity contribution in [2.45, 2.75) is 20.0 Å². The van der Waals surface area contributed by atoms with E-state index in [1.54, 1.807) is 31.4 Å². The fourth-order valence-corrected chi connectivity index (χ4v) is 4.45. The van der Waals surface area contributed by atoms with Crippen molar-refractivity contribution < 1.29 is 19.0 Å². The molecular weight excluding hydrogens is 461 g/mol. The third kappa shape index (κ3) is 4.20. The van der Waals surface area contributed by atoms with E-state index in [1.807, 2.05) is 37.3 Å². The summed E-state index contributed by atoms with van der Waals surface area (Å²) in [6.07, 6.45) is 1.68. The zero-order valence-corrected chi connectivity index (χ0v) is 19.7. The number of hydrogen-bond donors (Lipinski definition) is 0. The lowest BCUT2D eigenvalue weighted by molar-refractivity contribution is 0.0876. The monoisotopic (exact) mass is 481 g/mol. The minimum absolute atomic E-state index is 0.158. The van der Waals surface area contributed by atoms with E-state index in [0.29, 0.717) is 34.6 Å². The van der Waals surface area contributed by atoms with Crippen molar-refractivity contribution in [1.29, 1.82) is 0 Å². The van der Waals surface area contributed by atoms with Crippen LogP contribution in [0.5, 0.6) is 17.2 Å². The van der Waals surface area contributed by atoms with Gasteiger partial charge in [0.2, 0.25) is 5.78 Å². The molecule has 2 aliphatic heterocycles. The summed E-state index contributed by atoms with van der Waals surface area (Å²) in [5.41, 5.74) is 4.25. The Morgan fingerprint density at radius 1 is 1.06 bits per heavy atom. The van der Waals surface area contributed by atoms with Crippen molar-refractivity contribution in [3.63, 3.8) is 0 Å². The second-order valence-electron chi connectivity index (χ2n) is 8.09. The number of nitrogens with zero attached hydrogens (tertiary/aromatic N) is 1. The van der Waals surface area contributed by atoms with Crippen LogP contribution in [0.1, 0.15) is 32.6 Å². The Labute approximate surface area is 202 Å². The Balaban J connectivity index is 1.39. The van der Waals surface area contributed by atoms with Crippen LogP contribution in [0.4, 0.5) is 0 Å². The van der Waals surface area contributed by atoms with Crippen LogP contribution in [0, 0.1) is 6.92 Å². The Kier molecular flexibility index (Phi) is 5.79. The largest absolute Gasteiger partial charge is 0.497 e. The van der Waals surface area contributed by atoms with Crippen molar-refractivity contribution >= 4 is 35.1 Å². The van der Waals surface area contributed by atoms with Crippen LogP contribution in [0.25, 0.3) is 6.08 Å². The molecule has 0 N–H and O–H groups in total. The Bertz CT molecular complexity index is 1280. The molecule has 0 bridgehead atoms. The first-order chi connectivity index (χ1) is 15.9. The maximum atomic E-state index is 13.1. The number of hydrogen-bond acceptors (Lipinski definition) is 5. The first-order valence-corrected chi connectivity index (χ1v) is 11.2. The summed E-state index contributed by atoms with van der Waals surface area (Å²) in [6, 6.07) is 15.0. The predicted octanol–water partition coefficient (Wildman–Crippen LogP) is 6.28. The van der Waals surface area contributed by atoms with Gasteiger partial charge in [-0.05, 0) is 54.5 Å². The van der Waals surface area contributed by atoms with E-state index in [0.717, 1.165) is 40.3 Å². The van der Waals surface area contributed by atoms with Crippen LogP contribution in [0.2, 0.25) is 10.0 Å². The van der Waals surface area contributed by atoms with Gasteiger partial charge >= 0.3 is 0 Å². The number of benzene rings is 3. The lowest BCUT2D eigenvalue weighted by Gasteiger charge is -2.30. The Hall–Kier alpha value is -2.99. The number of allylic oxidation sites excluding steroid dienone is 1. The molecule has 2 aliphatic rings. The average molecular weight is 482 g/mol. The van der Waals surface area contributed by atoms with E-state index >= 15 is 0 Å². The fourth-order valence-electron chi connectivity index (χ4n) is 4.14. The van der Waals surface area contributed by atoms with E-state index in [1.165, 1.54) is 0 Å². The smallest absolute Gasteiger partial charge is 0.231 e. The van der Waals surface area contributed by atoms with Crippen LogP contribution in [-0.4, -0.2) is 24.5 Å². The second-order valence-corrected chi connectivity index (χ2v) is 8.90. The number of rotatable bonds is 4. The van der Waals surface area contributed by atoms with Crippen molar-refractivity contribution in [1.82, 2.24) is 4.90 Å². The van der Waals surface area contributed by atoms with Crippen molar-refractivity contribution in [2.24, 2.45) is 0 Å². The first-order valence-electron chi connectivity index (χ1n) is 10.5. The molecule has 0 atom stereocenters. The lowest BCUT2D eigenvalue weighted by atomic mass is 10.00. The normalized spacial score (nSPS) is 16.2. The van der Waals surface area contributed by atoms with Gasteiger partial charge in [-0.25, -0.2) is 0 Å². The summed E-state index contributed by atoms with van der Waals surface area (Å²) in [6.45, 7) is 3.78. The molecular formula is C26H21Cl2NO4. The molecule has 0 amide bonds. The summed E-state index contributed by atoms with van der Waals surface area (Å²) < 4.78 is 17.3. The number of carbonyl (C=O) groups is 1. The maximum Gasteiger partial charge on any atom is 0.231 e. The van der Waals surface area contributed by atoms with Crippen LogP contribution >= 0.6 is 23.2 Å². The topological polar surface area (TPSA) is 48.0 Å². The molecule has 0 aromatic heterocycles. The molecule has 3 aromatic rings. The average Bonchev–Trinajstić information content (AvgIpc) is 3.12. The van der Waals surface area contributed by atoms with Crippen LogP contribution < -0.4 is 14.2 Å². The van der Waals surface area contributed by atoms with Gasteiger partial charge in [0.25, 0.3) is 0 Å². The van der Waals surface area contributed by atoms with Gasteiger partial charge in [0.1, 0.15) is 24.0 Å². The second kappa shape index (κ2) is 8.75. The molecule has 3 aromatic carbocycles. The molecule has 0 radical (unpaired) electrons. The summed E-state index contributed by atoms with van der Waals surface area (Å²) in [7, 11) is 1.65. The molecule has 0 fully saturated rings. The highest BCUT2D eigenvalue weighted by Gasteiger charge is 2.33. The zero-order valence-electron chi connectivity index (χ0n) is 18.2. The van der Waals surface area contributed by atoms with Gasteiger partial charge < -0.3 is 14.2 Å². The highest BCUT2D eigenvalue weighted by molar-refractivity contribution is 6.42. The molecule has 5 rings (SSSR count). The van der Waals surface area contributed by atoms with Gasteiger partial charge in [-0.2, -0.15) is 0 Å². The molecule has 0 spiro atoms. The van der Waals surface area contributed by atoms with Gasteiger partial charge in [-0.3, -0.25) is 9.69 Å². The fraction of sp³-hybridized carbons (Fsp3) is 0.192. The Morgan fingerprint density at radius 2 is 1.85 bits per heavy atom. The number of ketones is 1. The molecule has 0 saturated heterocycles. The quantitative estimate of drug-likeness (QED) is 0.410. The summed E-state index contributed by atoms with van der Waals surface area (Å²) in [5.74, 6) is 2.25. The third-order valence-corrected chi connectivity index (χ3v) is 6.55. The minimum Gasteiger partial charge on any atom is -0.497 e. The van der Waals surface area contributed by atoms with Crippen molar-refractivity contribution in [3.8, 4) is 17.2 Å². The first kappa shape index (κ1) is 21.8. The molecule has 33 heavy (non-hydrogen) atoms. The van der Waals surface area contributed by atoms with Gasteiger partial charge in [0.15, 0.2) is 5.76 Å². The third-order valence-electron chi connectivity index (χ3n) is 5.81. The van der Waals surface area contributed by atoms with Gasteiger partial charge in [0.05, 0.1) is 22.7 Å². The van der Waals surface area contributed by atoms with Crippen molar-refractivity contribution in [2.75, 3.05) is 13.8 Å². The van der Waals surface area contributed by atoms with Gasteiger partial charge in [0, 0.05) is 24.2 Å². The maximum absolute atomic E-state index is 13.1. The van der Waals surface area contributed by atoms with E-state index in [-0.39, 0.29) is 11.5 Å². The number of ether oxygens (including phenoxy) is 3. The number of Topliss-reactive ketones (excluding diaryl/α,β-unsaturated/α-hetero) is 1. The number of methoxy groups -OCH3 is 1. The number of halogens is 2. The zero-order chi connectivity index (χ0) is 23.1. The summed E-state index contributed by atoms with van der Waals surface area (Å²) >= 11 is 12.1. The van der Waals surface area contributed by atoms with E-state index < -0.39 is 0 Å². The summed E-state index contributed by atoms with van der Waals surface area (Å²) in [5, 5.41) is 0.881. The highest BCUT2D eigenvalue weighted by Crippen LogP contribution is 2.43. The SMILES string of the molecule is COc1ccc(CN2COc3c(cc4c(c3C)O/C(=C\c3ccc(Cl)c(Cl)c3)C4=O)C2)cc1. The van der Waals surface area contributed by atoms with Gasteiger partial charge in [-0.15, -0.1) is 0 Å². The van der Waals surface area contributed by atoms with E-state index in [2.05, 4.69) is 4.90 Å². The molecule has 7 heteroatoms. The van der Waals surface area contributed by atoms with Crippen molar-refractivity contribution in [3.05, 3.63) is 92.2 Å². The highest BCUT2D eigenvalue weighted by atomic mass is 35.5. The predicted molar refractivity (Wildman–Crippen MR) is 128 cm³/mol. The molecule has 168 valence electrons. The molecule has 2 heterocycles. The number of carbonyl (C=O) groups excluding carboxylic acids is 1. The number of fused-ring (bicyclic) bond motifs is 2. The Morgan fingerprint density at radius 3 is 2.58 bits per heavy atom. The van der Waals surface area contributed by atoms with Crippen LogP contribution in [-0.2, 0) is 13.1 Å². The molecule has 0 unspecified atom stereocenters. The van der Waals surface area contributed by atoms with E-state index in [9.17, 15) is 4.79 Å². The molecule has 0 aliphatic carbocycles.